The van der Waals surface area contributed by atoms with Crippen molar-refractivity contribution in [1.82, 2.24) is 23.7 Å². The molecular formula is C58H37N5. The van der Waals surface area contributed by atoms with Crippen LogP contribution in [0.3, 0.4) is 0 Å². The Morgan fingerprint density at radius 2 is 0.683 bits per heavy atom. The predicted molar refractivity (Wildman–Crippen MR) is 261 cm³/mol. The smallest absolute Gasteiger partial charge is 0.235 e. The number of hydrogen-bond donors (Lipinski definition) is 0. The molecule has 0 fully saturated rings. The van der Waals surface area contributed by atoms with Crippen LogP contribution in [0, 0.1) is 0 Å². The molecule has 0 amide bonds. The molecule has 0 atom stereocenters. The third-order valence-electron chi connectivity index (χ3n) is 12.7. The average molecular weight is 804 g/mol. The Hall–Kier alpha value is -8.54. The molecule has 0 spiro atoms. The van der Waals surface area contributed by atoms with E-state index in [9.17, 15) is 0 Å². The number of benzene rings is 9. The quantitative estimate of drug-likeness (QED) is 0.168. The van der Waals surface area contributed by atoms with Gasteiger partial charge in [-0.15, -0.1) is 0 Å². The van der Waals surface area contributed by atoms with Gasteiger partial charge in [0.1, 0.15) is 0 Å². The van der Waals surface area contributed by atoms with E-state index in [2.05, 4.69) is 232 Å². The standard InChI is InChI=1S/C58H37N5/c1-4-16-38(17-5-1)39-28-30-41(31-29-39)51-37-50(40-18-6-2-7-19-40)59-58(60-51)63-54-27-15-11-23-45(54)48-34-33-47-44-22-10-14-26-53(44)62(56(47)57(48)63)43-32-35-55-49(36-43)46-24-12-13-25-52(46)61(55)42-20-8-3-9-21-42/h1-37H. The highest BCUT2D eigenvalue weighted by Crippen LogP contribution is 2.43. The molecule has 0 aliphatic heterocycles. The van der Waals surface area contributed by atoms with E-state index in [-0.39, 0.29) is 0 Å². The van der Waals surface area contributed by atoms with Crippen LogP contribution in [0.15, 0.2) is 224 Å². The summed E-state index contributed by atoms with van der Waals surface area (Å²) in [5.74, 6) is 0.621. The van der Waals surface area contributed by atoms with Gasteiger partial charge in [0.05, 0.1) is 44.5 Å². The van der Waals surface area contributed by atoms with Gasteiger partial charge in [-0.1, -0.05) is 170 Å². The fourth-order valence-electron chi connectivity index (χ4n) is 9.84. The van der Waals surface area contributed by atoms with Crippen LogP contribution in [0.4, 0.5) is 0 Å². The molecule has 0 N–H and O–H groups in total. The van der Waals surface area contributed by atoms with E-state index in [0.29, 0.717) is 5.95 Å². The first-order valence-corrected chi connectivity index (χ1v) is 21.4. The Labute approximate surface area is 363 Å². The molecule has 5 nitrogen and oxygen atoms in total. The third-order valence-corrected chi connectivity index (χ3v) is 12.7. The highest BCUT2D eigenvalue weighted by molar-refractivity contribution is 6.24. The molecule has 0 unspecified atom stereocenters. The molecule has 0 saturated heterocycles. The first-order chi connectivity index (χ1) is 31.3. The number of rotatable bonds is 6. The highest BCUT2D eigenvalue weighted by atomic mass is 15.2. The van der Waals surface area contributed by atoms with Crippen molar-refractivity contribution < 1.29 is 0 Å². The molecule has 0 aliphatic rings. The van der Waals surface area contributed by atoms with E-state index >= 15 is 0 Å². The largest absolute Gasteiger partial charge is 0.309 e. The van der Waals surface area contributed by atoms with Crippen LogP contribution < -0.4 is 0 Å². The third kappa shape index (κ3) is 5.50. The predicted octanol–water partition coefficient (Wildman–Crippen LogP) is 14.8. The number of para-hydroxylation sites is 4. The van der Waals surface area contributed by atoms with Crippen LogP contribution in [-0.2, 0) is 0 Å². The summed E-state index contributed by atoms with van der Waals surface area (Å²) in [7, 11) is 0. The van der Waals surface area contributed by atoms with Crippen LogP contribution >= 0.6 is 0 Å². The summed E-state index contributed by atoms with van der Waals surface area (Å²) in [6.07, 6.45) is 0. The molecule has 9 aromatic carbocycles. The minimum Gasteiger partial charge on any atom is -0.309 e. The Kier molecular flexibility index (Phi) is 7.84. The van der Waals surface area contributed by atoms with Gasteiger partial charge in [-0.05, 0) is 65.7 Å². The lowest BCUT2D eigenvalue weighted by molar-refractivity contribution is 0.995. The highest BCUT2D eigenvalue weighted by Gasteiger charge is 2.24. The van der Waals surface area contributed by atoms with Crippen molar-refractivity contribution in [2.24, 2.45) is 0 Å². The van der Waals surface area contributed by atoms with Gasteiger partial charge >= 0.3 is 0 Å². The molecule has 13 rings (SSSR count). The van der Waals surface area contributed by atoms with Crippen LogP contribution in [0.1, 0.15) is 0 Å². The molecule has 4 aromatic heterocycles. The minimum atomic E-state index is 0.621. The van der Waals surface area contributed by atoms with Crippen molar-refractivity contribution >= 4 is 65.4 Å². The molecule has 0 saturated carbocycles. The molecule has 0 aliphatic carbocycles. The summed E-state index contributed by atoms with van der Waals surface area (Å²) in [6.45, 7) is 0. The second-order valence-electron chi connectivity index (χ2n) is 16.2. The van der Waals surface area contributed by atoms with Crippen LogP contribution in [-0.4, -0.2) is 23.7 Å². The second kappa shape index (κ2) is 14.0. The fourth-order valence-corrected chi connectivity index (χ4v) is 9.84. The van der Waals surface area contributed by atoms with Crippen molar-refractivity contribution in [2.45, 2.75) is 0 Å². The summed E-state index contributed by atoms with van der Waals surface area (Å²) in [5.41, 5.74) is 15.1. The zero-order valence-corrected chi connectivity index (χ0v) is 34.1. The van der Waals surface area contributed by atoms with Crippen molar-refractivity contribution in [2.75, 3.05) is 0 Å². The summed E-state index contributed by atoms with van der Waals surface area (Å²) < 4.78 is 7.14. The molecule has 4 heterocycles. The molecule has 294 valence electrons. The summed E-state index contributed by atoms with van der Waals surface area (Å²) >= 11 is 0. The first kappa shape index (κ1) is 35.2. The van der Waals surface area contributed by atoms with E-state index in [1.165, 1.54) is 38.1 Å². The minimum absolute atomic E-state index is 0.621. The first-order valence-electron chi connectivity index (χ1n) is 21.4. The lowest BCUT2D eigenvalue weighted by Crippen LogP contribution is -2.05. The molecule has 5 heteroatoms. The van der Waals surface area contributed by atoms with Gasteiger partial charge in [0.25, 0.3) is 0 Å². The monoisotopic (exact) mass is 803 g/mol. The van der Waals surface area contributed by atoms with Crippen molar-refractivity contribution in [3.63, 3.8) is 0 Å². The molecule has 0 radical (unpaired) electrons. The van der Waals surface area contributed by atoms with Gasteiger partial charge in [0.2, 0.25) is 5.95 Å². The molecule has 13 aromatic rings. The zero-order chi connectivity index (χ0) is 41.4. The van der Waals surface area contributed by atoms with Gasteiger partial charge in [-0.3, -0.25) is 4.57 Å². The van der Waals surface area contributed by atoms with Crippen LogP contribution in [0.5, 0.6) is 0 Å². The van der Waals surface area contributed by atoms with Crippen LogP contribution in [0.25, 0.3) is 116 Å². The van der Waals surface area contributed by atoms with E-state index in [1.807, 2.05) is 6.07 Å². The maximum Gasteiger partial charge on any atom is 0.235 e. The van der Waals surface area contributed by atoms with Gasteiger partial charge in [0.15, 0.2) is 0 Å². The summed E-state index contributed by atoms with van der Waals surface area (Å²) in [5, 5.41) is 7.07. The normalized spacial score (nSPS) is 11.8. The molecule has 63 heavy (non-hydrogen) atoms. The number of aromatic nitrogens is 5. The van der Waals surface area contributed by atoms with Crippen molar-refractivity contribution in [1.29, 1.82) is 0 Å². The number of hydrogen-bond acceptors (Lipinski definition) is 2. The van der Waals surface area contributed by atoms with Gasteiger partial charge in [-0.2, -0.15) is 0 Å². The second-order valence-corrected chi connectivity index (χ2v) is 16.2. The Bertz CT molecular complexity index is 3880. The Balaban J connectivity index is 1.11. The van der Waals surface area contributed by atoms with Crippen LogP contribution in [0.2, 0.25) is 0 Å². The number of nitrogens with zero attached hydrogens (tertiary/aromatic N) is 5. The Morgan fingerprint density at radius 3 is 1.30 bits per heavy atom. The average Bonchev–Trinajstić information content (AvgIpc) is 4.00. The zero-order valence-electron chi connectivity index (χ0n) is 34.1. The maximum atomic E-state index is 5.48. The van der Waals surface area contributed by atoms with E-state index in [1.54, 1.807) is 0 Å². The Morgan fingerprint density at radius 1 is 0.254 bits per heavy atom. The van der Waals surface area contributed by atoms with E-state index in [4.69, 9.17) is 9.97 Å². The van der Waals surface area contributed by atoms with Crippen molar-refractivity contribution in [3.05, 3.63) is 224 Å². The fraction of sp³-hybridized carbons (Fsp3) is 0. The molecule has 0 bridgehead atoms. The van der Waals surface area contributed by atoms with E-state index in [0.717, 1.165) is 72.3 Å². The van der Waals surface area contributed by atoms with E-state index < -0.39 is 0 Å². The van der Waals surface area contributed by atoms with Crippen molar-refractivity contribution in [3.8, 4) is 51.0 Å². The summed E-state index contributed by atoms with van der Waals surface area (Å²) in [4.78, 5) is 10.9. The maximum absolute atomic E-state index is 5.48. The lowest BCUT2D eigenvalue weighted by Gasteiger charge is -2.14. The van der Waals surface area contributed by atoms with Gasteiger partial charge in [0, 0.05) is 54.8 Å². The van der Waals surface area contributed by atoms with Gasteiger partial charge < -0.3 is 9.13 Å². The molecular weight excluding hydrogens is 767 g/mol. The summed E-state index contributed by atoms with van der Waals surface area (Å²) in [6, 6.07) is 80.2. The lowest BCUT2D eigenvalue weighted by atomic mass is 10.0. The topological polar surface area (TPSA) is 40.6 Å². The number of fused-ring (bicyclic) bond motifs is 10. The SMILES string of the molecule is c1ccc(-c2ccc(-c3cc(-c4ccccc4)nc(-n4c5ccccc5c5ccc6c7ccccc7n(-c7ccc8c(c7)c7ccccc7n8-c7ccccc7)c6c54)n3)cc2)cc1. The van der Waals surface area contributed by atoms with Gasteiger partial charge in [-0.25, -0.2) is 9.97 Å².